The third-order valence-corrected chi connectivity index (χ3v) is 3.42. The average molecular weight is 312 g/mol. The molecule has 114 valence electrons. The lowest BCUT2D eigenvalue weighted by Gasteiger charge is -2.03. The number of rotatable bonds is 3. The highest BCUT2D eigenvalue weighted by Crippen LogP contribution is 2.23. The number of nitrogens with zero attached hydrogens (tertiary/aromatic N) is 4. The van der Waals surface area contributed by atoms with E-state index in [-0.39, 0.29) is 5.75 Å². The molecule has 0 aliphatic heterocycles. The van der Waals surface area contributed by atoms with Gasteiger partial charge in [-0.2, -0.15) is 8.78 Å². The zero-order valence-electron chi connectivity index (χ0n) is 11.7. The molecule has 0 atom stereocenters. The predicted octanol–water partition coefficient (Wildman–Crippen LogP) is 3.55. The molecule has 0 radical (unpaired) electrons. The molecule has 2 aromatic carbocycles. The number of ether oxygens (including phenoxy) is 1. The minimum Gasteiger partial charge on any atom is -0.435 e. The van der Waals surface area contributed by atoms with E-state index >= 15 is 0 Å². The maximum atomic E-state index is 12.2. The number of benzene rings is 2. The number of hydrogen-bond acceptors (Lipinski definition) is 4. The van der Waals surface area contributed by atoms with Crippen LogP contribution in [0.25, 0.3) is 27.9 Å². The monoisotopic (exact) mass is 312 g/mol. The highest BCUT2D eigenvalue weighted by Gasteiger charge is 2.10. The molecule has 0 aliphatic carbocycles. The van der Waals surface area contributed by atoms with Gasteiger partial charge in [-0.3, -0.25) is 0 Å². The third-order valence-electron chi connectivity index (χ3n) is 3.42. The molecule has 0 spiro atoms. The summed E-state index contributed by atoms with van der Waals surface area (Å²) in [6.45, 7) is -2.84. The highest BCUT2D eigenvalue weighted by molar-refractivity contribution is 5.91. The normalized spacial score (nSPS) is 11.4. The molecule has 5 nitrogen and oxygen atoms in total. The van der Waals surface area contributed by atoms with Gasteiger partial charge in [0.25, 0.3) is 0 Å². The zero-order chi connectivity index (χ0) is 15.8. The van der Waals surface area contributed by atoms with Crippen LogP contribution in [0.1, 0.15) is 0 Å². The molecule has 7 heteroatoms. The van der Waals surface area contributed by atoms with E-state index in [1.165, 1.54) is 12.1 Å². The van der Waals surface area contributed by atoms with Crippen LogP contribution in [-0.4, -0.2) is 26.2 Å². The molecule has 0 saturated carbocycles. The van der Waals surface area contributed by atoms with Crippen LogP contribution in [0.15, 0.2) is 54.9 Å². The summed E-state index contributed by atoms with van der Waals surface area (Å²) in [7, 11) is 0. The molecule has 2 aromatic heterocycles. The number of fused-ring (bicyclic) bond motifs is 3. The predicted molar refractivity (Wildman–Crippen MR) is 80.4 cm³/mol. The Hall–Kier alpha value is -3.09. The van der Waals surface area contributed by atoms with Gasteiger partial charge in [0, 0.05) is 10.9 Å². The molecule has 4 aromatic rings. The Morgan fingerprint density at radius 1 is 1.00 bits per heavy atom. The van der Waals surface area contributed by atoms with Gasteiger partial charge in [0.2, 0.25) is 0 Å². The van der Waals surface area contributed by atoms with E-state index in [0.29, 0.717) is 17.0 Å². The first-order valence-corrected chi connectivity index (χ1v) is 6.86. The van der Waals surface area contributed by atoms with Crippen LogP contribution in [0.4, 0.5) is 8.78 Å². The summed E-state index contributed by atoms with van der Waals surface area (Å²) in [6, 6.07) is 13.9. The second-order valence-corrected chi connectivity index (χ2v) is 4.87. The zero-order valence-corrected chi connectivity index (χ0v) is 11.7. The van der Waals surface area contributed by atoms with Crippen LogP contribution in [-0.2, 0) is 0 Å². The summed E-state index contributed by atoms with van der Waals surface area (Å²) in [5.74, 6) is 0.589. The van der Waals surface area contributed by atoms with Crippen LogP contribution in [0, 0.1) is 0 Å². The lowest BCUT2D eigenvalue weighted by atomic mass is 10.2. The molecule has 2 heterocycles. The maximum absolute atomic E-state index is 12.2. The van der Waals surface area contributed by atoms with Gasteiger partial charge in [-0.15, -0.1) is 5.10 Å². The Bertz CT molecular complexity index is 982. The van der Waals surface area contributed by atoms with Crippen molar-refractivity contribution in [2.75, 3.05) is 0 Å². The molecule has 0 aliphatic rings. The topological polar surface area (TPSA) is 52.3 Å². The lowest BCUT2D eigenvalue weighted by molar-refractivity contribution is -0.0498. The fraction of sp³-hybridized carbons (Fsp3) is 0.0625. The van der Waals surface area contributed by atoms with Crippen LogP contribution in [0.3, 0.4) is 0 Å². The fourth-order valence-electron chi connectivity index (χ4n) is 2.39. The van der Waals surface area contributed by atoms with Crippen molar-refractivity contribution < 1.29 is 13.5 Å². The van der Waals surface area contributed by atoms with Gasteiger partial charge in [-0.05, 0) is 36.4 Å². The summed E-state index contributed by atoms with van der Waals surface area (Å²) in [5.41, 5.74) is 2.23. The molecule has 0 fully saturated rings. The number of aromatic nitrogens is 4. The van der Waals surface area contributed by atoms with Crippen molar-refractivity contribution in [3.63, 3.8) is 0 Å². The molecular formula is C16H10F2N4O. The highest BCUT2D eigenvalue weighted by atomic mass is 19.3. The molecule has 0 unspecified atom stereocenters. The first kappa shape index (κ1) is 13.6. The van der Waals surface area contributed by atoms with Crippen LogP contribution < -0.4 is 4.74 Å². The summed E-state index contributed by atoms with van der Waals surface area (Å²) in [6.07, 6.45) is 1.60. The number of para-hydroxylation sites is 1. The van der Waals surface area contributed by atoms with Crippen LogP contribution in [0.2, 0.25) is 0 Å². The maximum Gasteiger partial charge on any atom is 0.387 e. The second kappa shape index (κ2) is 5.28. The molecule has 0 bridgehead atoms. The van der Waals surface area contributed by atoms with Crippen molar-refractivity contribution in [2.24, 2.45) is 0 Å². The van der Waals surface area contributed by atoms with Gasteiger partial charge in [-0.25, -0.2) is 14.5 Å². The first-order chi connectivity index (χ1) is 11.2. The van der Waals surface area contributed by atoms with Crippen molar-refractivity contribution in [1.29, 1.82) is 0 Å². The van der Waals surface area contributed by atoms with Crippen molar-refractivity contribution >= 4 is 16.6 Å². The largest absolute Gasteiger partial charge is 0.435 e. The Balaban J connectivity index is 1.78. The summed E-state index contributed by atoms with van der Waals surface area (Å²) < 4.78 is 30.3. The smallest absolute Gasteiger partial charge is 0.387 e. The van der Waals surface area contributed by atoms with Gasteiger partial charge in [0.1, 0.15) is 12.1 Å². The molecular weight excluding hydrogens is 302 g/mol. The minimum atomic E-state index is -2.84. The van der Waals surface area contributed by atoms with Crippen LogP contribution >= 0.6 is 0 Å². The minimum absolute atomic E-state index is 0.0969. The quantitative estimate of drug-likeness (QED) is 0.580. The number of hydrogen-bond donors (Lipinski definition) is 0. The van der Waals surface area contributed by atoms with Crippen molar-refractivity contribution in [3.05, 3.63) is 54.9 Å². The average Bonchev–Trinajstić information content (AvgIpc) is 2.99. The standard InChI is InChI=1S/C16H10F2N4O/c17-16(18)23-11-7-5-10(6-8-11)14-20-15-12-3-1-2-4-13(12)19-9-22(15)21-14/h1-9,16H. The fourth-order valence-corrected chi connectivity index (χ4v) is 2.39. The number of halogens is 2. The van der Waals surface area contributed by atoms with Gasteiger partial charge in [-0.1, -0.05) is 12.1 Å². The van der Waals surface area contributed by atoms with Gasteiger partial charge in [0.15, 0.2) is 11.5 Å². The van der Waals surface area contributed by atoms with E-state index < -0.39 is 6.61 Å². The second-order valence-electron chi connectivity index (χ2n) is 4.87. The number of alkyl halides is 2. The van der Waals surface area contributed by atoms with Gasteiger partial charge >= 0.3 is 6.61 Å². The summed E-state index contributed by atoms with van der Waals surface area (Å²) >= 11 is 0. The van der Waals surface area contributed by atoms with E-state index in [0.717, 1.165) is 10.9 Å². The molecule has 0 saturated heterocycles. The van der Waals surface area contributed by atoms with E-state index in [4.69, 9.17) is 0 Å². The van der Waals surface area contributed by atoms with E-state index in [1.54, 1.807) is 23.0 Å². The van der Waals surface area contributed by atoms with Crippen LogP contribution in [0.5, 0.6) is 5.75 Å². The van der Waals surface area contributed by atoms with Crippen molar-refractivity contribution in [1.82, 2.24) is 19.6 Å². The Labute approximate surface area is 129 Å². The SMILES string of the molecule is FC(F)Oc1ccc(-c2nc3c4ccccc4ncn3n2)cc1. The molecule has 0 amide bonds. The van der Waals surface area contributed by atoms with Gasteiger partial charge in [0.05, 0.1) is 5.52 Å². The Morgan fingerprint density at radius 2 is 1.78 bits per heavy atom. The Morgan fingerprint density at radius 3 is 2.57 bits per heavy atom. The Kier molecular flexibility index (Phi) is 3.11. The third kappa shape index (κ3) is 2.46. The lowest BCUT2D eigenvalue weighted by Crippen LogP contribution is -2.01. The van der Waals surface area contributed by atoms with Crippen molar-refractivity contribution in [3.8, 4) is 17.1 Å². The van der Waals surface area contributed by atoms with E-state index in [9.17, 15) is 8.78 Å². The first-order valence-electron chi connectivity index (χ1n) is 6.86. The summed E-state index contributed by atoms with van der Waals surface area (Å²) in [5, 5.41) is 5.27. The molecule has 4 rings (SSSR count). The van der Waals surface area contributed by atoms with E-state index in [1.807, 2.05) is 24.3 Å². The summed E-state index contributed by atoms with van der Waals surface area (Å²) in [4.78, 5) is 8.84. The van der Waals surface area contributed by atoms with E-state index in [2.05, 4.69) is 19.8 Å². The molecule has 0 N–H and O–H groups in total. The van der Waals surface area contributed by atoms with Crippen molar-refractivity contribution in [2.45, 2.75) is 6.61 Å². The van der Waals surface area contributed by atoms with Gasteiger partial charge < -0.3 is 4.74 Å². The molecule has 23 heavy (non-hydrogen) atoms.